The minimum Gasteiger partial charge on any atom is -0.497 e. The largest absolute Gasteiger partial charge is 0.497 e. The van der Waals surface area contributed by atoms with Gasteiger partial charge in [0.15, 0.2) is 0 Å². The predicted octanol–water partition coefficient (Wildman–Crippen LogP) is 4.54. The number of aliphatic carboxylic acids is 1. The Kier molecular flexibility index (Phi) is 8.67. The van der Waals surface area contributed by atoms with E-state index in [1.807, 2.05) is 18.2 Å². The number of rotatable bonds is 10. The highest BCUT2D eigenvalue weighted by molar-refractivity contribution is 5.99. The fourth-order valence-corrected chi connectivity index (χ4v) is 4.08. The summed E-state index contributed by atoms with van der Waals surface area (Å²) in [4.78, 5) is 30.5. The van der Waals surface area contributed by atoms with Crippen LogP contribution >= 0.6 is 0 Å². The number of hydrogen-bond donors (Lipinski definition) is 2. The number of fused-ring (bicyclic) bond motifs is 1. The molecule has 1 aliphatic heterocycles. The Bertz CT molecular complexity index is 912. The molecule has 0 bridgehead atoms. The van der Waals surface area contributed by atoms with Crippen LogP contribution in [-0.4, -0.2) is 59.9 Å². The molecule has 174 valence electrons. The van der Waals surface area contributed by atoms with Crippen LogP contribution < -0.4 is 10.1 Å². The second-order valence-corrected chi connectivity index (χ2v) is 8.28. The van der Waals surface area contributed by atoms with Crippen molar-refractivity contribution in [1.29, 1.82) is 0 Å². The van der Waals surface area contributed by atoms with Gasteiger partial charge in [0.1, 0.15) is 11.9 Å². The average Bonchev–Trinajstić information content (AvgIpc) is 2.79. The molecule has 2 heterocycles. The highest BCUT2D eigenvalue weighted by Crippen LogP contribution is 2.26. The van der Waals surface area contributed by atoms with Gasteiger partial charge in [-0.15, -0.1) is 0 Å². The Labute approximate surface area is 188 Å². The van der Waals surface area contributed by atoms with Gasteiger partial charge >= 0.3 is 12.1 Å². The maximum atomic E-state index is 12.5. The van der Waals surface area contributed by atoms with Gasteiger partial charge in [0.05, 0.1) is 24.2 Å². The molecule has 8 nitrogen and oxygen atoms in total. The van der Waals surface area contributed by atoms with Crippen LogP contribution in [0.25, 0.3) is 10.9 Å². The van der Waals surface area contributed by atoms with Crippen molar-refractivity contribution in [3.8, 4) is 5.75 Å². The molecule has 32 heavy (non-hydrogen) atoms. The van der Waals surface area contributed by atoms with E-state index in [2.05, 4.69) is 22.1 Å². The van der Waals surface area contributed by atoms with E-state index in [1.165, 1.54) is 0 Å². The fraction of sp³-hybridized carbons (Fsp3) is 0.542. The summed E-state index contributed by atoms with van der Waals surface area (Å²) in [5, 5.41) is 13.0. The van der Waals surface area contributed by atoms with E-state index < -0.39 is 12.1 Å². The molecule has 1 amide bonds. The third kappa shape index (κ3) is 6.56. The van der Waals surface area contributed by atoms with Crippen molar-refractivity contribution in [2.24, 2.45) is 5.92 Å². The van der Waals surface area contributed by atoms with Gasteiger partial charge in [-0.1, -0.05) is 19.8 Å². The Morgan fingerprint density at radius 3 is 2.72 bits per heavy atom. The number of carboxylic acid groups (broad SMARTS) is 1. The van der Waals surface area contributed by atoms with Gasteiger partial charge in [0, 0.05) is 24.7 Å². The summed E-state index contributed by atoms with van der Waals surface area (Å²) < 4.78 is 10.9. The molecule has 1 aromatic heterocycles. The first-order valence-electron chi connectivity index (χ1n) is 11.4. The summed E-state index contributed by atoms with van der Waals surface area (Å²) in [6.07, 6.45) is 5.86. The van der Waals surface area contributed by atoms with Crippen molar-refractivity contribution in [2.75, 3.05) is 32.1 Å². The summed E-state index contributed by atoms with van der Waals surface area (Å²) in [5.41, 5.74) is 1.39. The maximum absolute atomic E-state index is 12.5. The number of nitrogens with one attached hydrogen (secondary N) is 1. The van der Waals surface area contributed by atoms with Gasteiger partial charge < -0.3 is 19.5 Å². The van der Waals surface area contributed by atoms with E-state index in [0.29, 0.717) is 17.9 Å². The first-order valence-corrected chi connectivity index (χ1v) is 11.4. The molecule has 0 saturated carbocycles. The third-order valence-corrected chi connectivity index (χ3v) is 6.04. The zero-order valence-electron chi connectivity index (χ0n) is 18.9. The van der Waals surface area contributed by atoms with Crippen LogP contribution in [0, 0.1) is 5.92 Å². The molecule has 1 atom stereocenters. The van der Waals surface area contributed by atoms with Gasteiger partial charge in [-0.05, 0) is 56.5 Å². The van der Waals surface area contributed by atoms with Crippen LogP contribution in [0.15, 0.2) is 30.5 Å². The number of anilines is 1. The second kappa shape index (κ2) is 11.7. The molecule has 0 radical (unpaired) electrons. The van der Waals surface area contributed by atoms with Crippen molar-refractivity contribution in [3.05, 3.63) is 30.5 Å². The number of methoxy groups -OCH3 is 1. The minimum atomic E-state index is -0.699. The zero-order chi connectivity index (χ0) is 22.9. The quantitative estimate of drug-likeness (QED) is 0.556. The number of amides is 1. The first kappa shape index (κ1) is 23.8. The van der Waals surface area contributed by atoms with Crippen molar-refractivity contribution in [2.45, 2.75) is 51.6 Å². The molecule has 1 saturated heterocycles. The van der Waals surface area contributed by atoms with E-state index in [1.54, 1.807) is 19.4 Å². The molecule has 1 fully saturated rings. The number of hydrogen-bond acceptors (Lipinski definition) is 6. The van der Waals surface area contributed by atoms with Gasteiger partial charge in [-0.2, -0.15) is 0 Å². The molecule has 8 heteroatoms. The highest BCUT2D eigenvalue weighted by Gasteiger charge is 2.24. The molecule has 0 unspecified atom stereocenters. The van der Waals surface area contributed by atoms with Gasteiger partial charge in [0.25, 0.3) is 0 Å². The SMILES string of the molecule is CCCC[C@@H](CCN1CCC(OC(=O)Nc2ccnc3ccc(OC)cc23)CC1)C(=O)O. The lowest BCUT2D eigenvalue weighted by molar-refractivity contribution is -0.142. The number of pyridine rings is 1. The standard InChI is InChI=1S/C24H33N3O5/c1-3-4-5-17(23(28)29)9-13-27-14-10-18(11-15-27)32-24(30)26-22-8-12-25-21-7-6-19(31-2)16-20(21)22/h6-8,12,16-18H,3-5,9-11,13-15H2,1-2H3,(H,28,29)(H,25,26,30)/t17-/m0/s1. The Hall–Kier alpha value is -2.87. The molecular weight excluding hydrogens is 410 g/mol. The summed E-state index contributed by atoms with van der Waals surface area (Å²) >= 11 is 0. The third-order valence-electron chi connectivity index (χ3n) is 6.04. The molecule has 2 aromatic rings. The summed E-state index contributed by atoms with van der Waals surface area (Å²) in [7, 11) is 1.60. The molecule has 1 aliphatic rings. The monoisotopic (exact) mass is 443 g/mol. The van der Waals surface area contributed by atoms with E-state index in [9.17, 15) is 14.7 Å². The average molecular weight is 444 g/mol. The molecule has 2 N–H and O–H groups in total. The number of carbonyl (C=O) groups excluding carboxylic acids is 1. The van der Waals surface area contributed by atoms with E-state index in [0.717, 1.165) is 62.6 Å². The van der Waals surface area contributed by atoms with Crippen molar-refractivity contribution in [3.63, 3.8) is 0 Å². The lowest BCUT2D eigenvalue weighted by Crippen LogP contribution is -2.39. The van der Waals surface area contributed by atoms with Crippen molar-refractivity contribution < 1.29 is 24.2 Å². The van der Waals surface area contributed by atoms with Crippen molar-refractivity contribution in [1.82, 2.24) is 9.88 Å². The van der Waals surface area contributed by atoms with Gasteiger partial charge in [0.2, 0.25) is 0 Å². The van der Waals surface area contributed by atoms with Crippen LogP contribution in [-0.2, 0) is 9.53 Å². The molecule has 3 rings (SSSR count). The molecule has 0 aliphatic carbocycles. The Balaban J connectivity index is 1.47. The number of nitrogens with zero attached hydrogens (tertiary/aromatic N) is 2. The summed E-state index contributed by atoms with van der Waals surface area (Å²) in [6, 6.07) is 7.25. The predicted molar refractivity (Wildman–Crippen MR) is 123 cm³/mol. The second-order valence-electron chi connectivity index (χ2n) is 8.28. The Morgan fingerprint density at radius 1 is 1.25 bits per heavy atom. The highest BCUT2D eigenvalue weighted by atomic mass is 16.6. The number of unbranched alkanes of at least 4 members (excludes halogenated alkanes) is 1. The van der Waals surface area contributed by atoms with E-state index in [-0.39, 0.29) is 12.0 Å². The number of likely N-dealkylation sites (tertiary alicyclic amines) is 1. The van der Waals surface area contributed by atoms with Gasteiger partial charge in [-0.25, -0.2) is 4.79 Å². The fourth-order valence-electron chi connectivity index (χ4n) is 4.08. The summed E-state index contributed by atoms with van der Waals surface area (Å²) in [5.74, 6) is -0.285. The molecular formula is C24H33N3O5. The number of carbonyl (C=O) groups is 2. The van der Waals surface area contributed by atoms with Crippen molar-refractivity contribution >= 4 is 28.7 Å². The van der Waals surface area contributed by atoms with Crippen LogP contribution in [0.3, 0.4) is 0 Å². The number of aromatic nitrogens is 1. The lowest BCUT2D eigenvalue weighted by Gasteiger charge is -2.32. The van der Waals surface area contributed by atoms with Crippen LogP contribution in [0.1, 0.15) is 45.4 Å². The number of ether oxygens (including phenoxy) is 2. The Morgan fingerprint density at radius 2 is 2.03 bits per heavy atom. The van der Waals surface area contributed by atoms with Gasteiger partial charge in [-0.3, -0.25) is 15.1 Å². The zero-order valence-corrected chi connectivity index (χ0v) is 18.9. The molecule has 0 spiro atoms. The van der Waals surface area contributed by atoms with Crippen LogP contribution in [0.2, 0.25) is 0 Å². The number of piperidine rings is 1. The first-order chi connectivity index (χ1) is 15.5. The number of carboxylic acids is 1. The lowest BCUT2D eigenvalue weighted by atomic mass is 9.97. The van der Waals surface area contributed by atoms with Crippen LogP contribution in [0.4, 0.5) is 10.5 Å². The normalized spacial score (nSPS) is 15.9. The number of benzene rings is 1. The maximum Gasteiger partial charge on any atom is 0.411 e. The van der Waals surface area contributed by atoms with E-state index >= 15 is 0 Å². The van der Waals surface area contributed by atoms with Crippen LogP contribution in [0.5, 0.6) is 5.75 Å². The minimum absolute atomic E-state index is 0.149. The smallest absolute Gasteiger partial charge is 0.411 e. The topological polar surface area (TPSA) is 101 Å². The summed E-state index contributed by atoms with van der Waals surface area (Å²) in [6.45, 7) is 4.44. The molecule has 1 aromatic carbocycles. The van der Waals surface area contributed by atoms with E-state index in [4.69, 9.17) is 9.47 Å².